The third-order valence-corrected chi connectivity index (χ3v) is 4.46. The zero-order valence-electron chi connectivity index (χ0n) is 14.8. The molecule has 0 aliphatic rings. The van der Waals surface area contributed by atoms with Crippen molar-refractivity contribution in [3.05, 3.63) is 48.0 Å². The third-order valence-electron chi connectivity index (χ3n) is 3.53. The summed E-state index contributed by atoms with van der Waals surface area (Å²) in [7, 11) is -3.80. The van der Waals surface area contributed by atoms with E-state index in [1.165, 1.54) is 30.3 Å². The van der Waals surface area contributed by atoms with E-state index in [0.717, 1.165) is 0 Å². The van der Waals surface area contributed by atoms with E-state index in [0.29, 0.717) is 35.6 Å². The number of anilines is 1. The van der Waals surface area contributed by atoms with Crippen LogP contribution >= 0.6 is 0 Å². The summed E-state index contributed by atoms with van der Waals surface area (Å²) >= 11 is 0. The largest absolute Gasteiger partial charge is 0.490 e. The van der Waals surface area contributed by atoms with Crippen LogP contribution in [0.3, 0.4) is 0 Å². The van der Waals surface area contributed by atoms with Crippen LogP contribution in [0.4, 0.5) is 5.69 Å². The number of amides is 1. The zero-order chi connectivity index (χ0) is 20.0. The van der Waals surface area contributed by atoms with Crippen LogP contribution in [-0.2, 0) is 14.8 Å². The molecule has 27 heavy (non-hydrogen) atoms. The summed E-state index contributed by atoms with van der Waals surface area (Å²) in [5.74, 6) is 0.245. The average molecular weight is 392 g/mol. The highest BCUT2D eigenvalue weighted by Gasteiger charge is 2.18. The molecule has 9 heteroatoms. The molecule has 0 unspecified atom stereocenters. The van der Waals surface area contributed by atoms with Crippen molar-refractivity contribution in [3.8, 4) is 11.5 Å². The fourth-order valence-electron chi connectivity index (χ4n) is 2.18. The minimum absolute atomic E-state index is 0.0542. The van der Waals surface area contributed by atoms with Crippen LogP contribution in [0, 0.1) is 0 Å². The Morgan fingerprint density at radius 3 is 2.41 bits per heavy atom. The summed E-state index contributed by atoms with van der Waals surface area (Å²) < 4.78 is 33.6. The van der Waals surface area contributed by atoms with Crippen molar-refractivity contribution < 1.29 is 27.5 Å². The van der Waals surface area contributed by atoms with Gasteiger partial charge in [-0.25, -0.2) is 13.6 Å². The molecule has 0 aliphatic carbocycles. The van der Waals surface area contributed by atoms with Gasteiger partial charge in [0.2, 0.25) is 10.0 Å². The number of hydrogen-bond donors (Lipinski definition) is 2. The molecule has 0 fully saturated rings. The molecule has 0 spiro atoms. The summed E-state index contributed by atoms with van der Waals surface area (Å²) in [5.41, 5.74) is 0.821. The molecule has 0 radical (unpaired) electrons. The van der Waals surface area contributed by atoms with E-state index in [9.17, 15) is 18.0 Å². The summed E-state index contributed by atoms with van der Waals surface area (Å²) in [6.45, 7) is 3.71. The van der Waals surface area contributed by atoms with Gasteiger partial charge in [-0.15, -0.1) is 0 Å². The van der Waals surface area contributed by atoms with Gasteiger partial charge in [-0.1, -0.05) is 0 Å². The maximum atomic E-state index is 12.3. The number of benzene rings is 2. The van der Waals surface area contributed by atoms with Gasteiger partial charge in [0.25, 0.3) is 5.91 Å². The van der Waals surface area contributed by atoms with Crippen LogP contribution in [0.2, 0.25) is 0 Å². The van der Waals surface area contributed by atoms with Gasteiger partial charge >= 0.3 is 0 Å². The molecule has 8 nitrogen and oxygen atoms in total. The Labute approximate surface area is 157 Å². The molecule has 1 atom stereocenters. The molecule has 0 aliphatic heterocycles. The van der Waals surface area contributed by atoms with Crippen LogP contribution in [-0.4, -0.2) is 33.3 Å². The van der Waals surface area contributed by atoms with Crippen molar-refractivity contribution in [3.63, 3.8) is 0 Å². The van der Waals surface area contributed by atoms with Crippen molar-refractivity contribution in [1.29, 1.82) is 0 Å². The fourth-order valence-corrected chi connectivity index (χ4v) is 2.69. The molecule has 3 N–H and O–H groups in total. The Morgan fingerprint density at radius 2 is 1.85 bits per heavy atom. The van der Waals surface area contributed by atoms with Crippen molar-refractivity contribution in [1.82, 2.24) is 0 Å². The van der Waals surface area contributed by atoms with E-state index < -0.39 is 22.0 Å². The lowest BCUT2D eigenvalue weighted by Crippen LogP contribution is -2.30. The van der Waals surface area contributed by atoms with Gasteiger partial charge in [-0.2, -0.15) is 0 Å². The van der Waals surface area contributed by atoms with Crippen LogP contribution in [0.5, 0.6) is 11.5 Å². The molecule has 1 amide bonds. The Bertz CT molecular complexity index is 925. The highest BCUT2D eigenvalue weighted by molar-refractivity contribution is 7.89. The molecule has 2 aromatic carbocycles. The molecule has 2 aromatic rings. The Morgan fingerprint density at radius 1 is 1.19 bits per heavy atom. The lowest BCUT2D eigenvalue weighted by Gasteiger charge is -2.17. The van der Waals surface area contributed by atoms with Crippen LogP contribution in [0.15, 0.2) is 47.4 Å². The number of nitrogens with one attached hydrogen (secondary N) is 1. The second-order valence-corrected chi connectivity index (χ2v) is 7.14. The number of sulfonamides is 1. The number of ether oxygens (including phenoxy) is 2. The summed E-state index contributed by atoms with van der Waals surface area (Å²) in [6, 6.07) is 10.1. The van der Waals surface area contributed by atoms with Crippen molar-refractivity contribution >= 4 is 27.9 Å². The SMILES string of the molecule is CCOc1cc(C=O)ccc1O[C@H](C)C(=O)Nc1ccc(S(N)(=O)=O)cc1. The third kappa shape index (κ3) is 5.53. The molecule has 0 heterocycles. The minimum Gasteiger partial charge on any atom is -0.490 e. The van der Waals surface area contributed by atoms with Gasteiger partial charge in [0, 0.05) is 11.3 Å². The van der Waals surface area contributed by atoms with Crippen LogP contribution in [0.25, 0.3) is 0 Å². The van der Waals surface area contributed by atoms with Crippen molar-refractivity contribution in [2.75, 3.05) is 11.9 Å². The number of nitrogens with two attached hydrogens (primary N) is 1. The molecule has 144 valence electrons. The lowest BCUT2D eigenvalue weighted by molar-refractivity contribution is -0.122. The number of carbonyl (C=O) groups excluding carboxylic acids is 2. The number of carbonyl (C=O) groups is 2. The first-order valence-electron chi connectivity index (χ1n) is 8.07. The van der Waals surface area contributed by atoms with E-state index >= 15 is 0 Å². The normalized spacial score (nSPS) is 12.1. The second-order valence-electron chi connectivity index (χ2n) is 5.58. The number of aldehydes is 1. The molecular weight excluding hydrogens is 372 g/mol. The molecule has 2 rings (SSSR count). The maximum Gasteiger partial charge on any atom is 0.265 e. The Hall–Kier alpha value is -2.91. The molecule has 0 saturated carbocycles. The summed E-state index contributed by atoms with van der Waals surface area (Å²) in [5, 5.41) is 7.65. The van der Waals surface area contributed by atoms with Gasteiger partial charge in [-0.05, 0) is 56.3 Å². The van der Waals surface area contributed by atoms with Gasteiger partial charge in [0.15, 0.2) is 17.6 Å². The topological polar surface area (TPSA) is 125 Å². The Balaban J connectivity index is 2.08. The second kappa shape index (κ2) is 8.65. The van der Waals surface area contributed by atoms with Gasteiger partial charge < -0.3 is 14.8 Å². The number of hydrogen-bond acceptors (Lipinski definition) is 6. The Kier molecular flexibility index (Phi) is 6.54. The smallest absolute Gasteiger partial charge is 0.265 e. The van der Waals surface area contributed by atoms with Gasteiger partial charge in [0.05, 0.1) is 11.5 Å². The standard InChI is InChI=1S/C18H20N2O6S/c1-3-25-17-10-13(11-21)4-9-16(17)26-12(2)18(22)20-14-5-7-15(8-6-14)27(19,23)24/h4-12H,3H2,1-2H3,(H,20,22)(H2,19,23,24)/t12-/m1/s1. The van der Waals surface area contributed by atoms with Crippen LogP contribution < -0.4 is 19.9 Å². The molecular formula is C18H20N2O6S. The summed E-state index contributed by atoms with van der Waals surface area (Å²) in [6.07, 6.45) is -0.183. The first kappa shape index (κ1) is 20.4. The minimum atomic E-state index is -3.80. The van der Waals surface area contributed by atoms with E-state index in [-0.39, 0.29) is 4.90 Å². The predicted molar refractivity (Wildman–Crippen MR) is 99.5 cm³/mol. The first-order valence-corrected chi connectivity index (χ1v) is 9.61. The van der Waals surface area contributed by atoms with Gasteiger partial charge in [0.1, 0.15) is 6.29 Å². The van der Waals surface area contributed by atoms with E-state index in [4.69, 9.17) is 14.6 Å². The molecule has 0 saturated heterocycles. The highest BCUT2D eigenvalue weighted by atomic mass is 32.2. The summed E-state index contributed by atoms with van der Waals surface area (Å²) in [4.78, 5) is 23.1. The van der Waals surface area contributed by atoms with Crippen LogP contribution in [0.1, 0.15) is 24.2 Å². The maximum absolute atomic E-state index is 12.3. The predicted octanol–water partition coefficient (Wildman–Crippen LogP) is 1.95. The monoisotopic (exact) mass is 392 g/mol. The van der Waals surface area contributed by atoms with Crippen molar-refractivity contribution in [2.45, 2.75) is 24.8 Å². The number of primary sulfonamides is 1. The number of rotatable bonds is 8. The molecule has 0 bridgehead atoms. The van der Waals surface area contributed by atoms with E-state index in [1.807, 2.05) is 0 Å². The van der Waals surface area contributed by atoms with E-state index in [1.54, 1.807) is 26.0 Å². The fraction of sp³-hybridized carbons (Fsp3) is 0.222. The van der Waals surface area contributed by atoms with Gasteiger partial charge in [-0.3, -0.25) is 9.59 Å². The zero-order valence-corrected chi connectivity index (χ0v) is 15.7. The molecule has 0 aromatic heterocycles. The van der Waals surface area contributed by atoms with E-state index in [2.05, 4.69) is 5.32 Å². The highest BCUT2D eigenvalue weighted by Crippen LogP contribution is 2.29. The average Bonchev–Trinajstić information content (AvgIpc) is 2.63. The van der Waals surface area contributed by atoms with Crippen molar-refractivity contribution in [2.24, 2.45) is 5.14 Å². The first-order chi connectivity index (χ1) is 12.7. The quantitative estimate of drug-likeness (QED) is 0.662. The lowest BCUT2D eigenvalue weighted by atomic mass is 10.2.